The highest BCUT2D eigenvalue weighted by Crippen LogP contribution is 2.27. The van der Waals surface area contributed by atoms with Gasteiger partial charge in [0.2, 0.25) is 0 Å². The Morgan fingerprint density at radius 3 is 2.00 bits per heavy atom. The number of alkyl halides is 6. The van der Waals surface area contributed by atoms with Gasteiger partial charge in [-0.1, -0.05) is 12.1 Å². The Hall–Kier alpha value is -1.44. The molecular weight excluding hydrogens is 288 g/mol. The van der Waals surface area contributed by atoms with Crippen molar-refractivity contribution < 1.29 is 31.1 Å². The predicted octanol–water partition coefficient (Wildman–Crippen LogP) is 4.32. The molecule has 0 saturated carbocycles. The molecule has 114 valence electrons. The quantitative estimate of drug-likeness (QED) is 0.822. The van der Waals surface area contributed by atoms with Crippen LogP contribution in [0.3, 0.4) is 0 Å². The molecule has 0 aromatic heterocycles. The maximum absolute atomic E-state index is 12.0. The molecule has 0 aliphatic heterocycles. The van der Waals surface area contributed by atoms with Crippen LogP contribution in [-0.4, -0.2) is 12.5 Å². The van der Waals surface area contributed by atoms with E-state index in [0.29, 0.717) is 5.56 Å². The number of nitrogens with two attached hydrogens (primary N) is 1. The Bertz CT molecular complexity index is 411. The van der Waals surface area contributed by atoms with Crippen molar-refractivity contribution in [3.63, 3.8) is 0 Å². The lowest BCUT2D eigenvalue weighted by Gasteiger charge is -2.14. The topological polar surface area (TPSA) is 35.2 Å². The van der Waals surface area contributed by atoms with Crippen LogP contribution >= 0.6 is 0 Å². The van der Waals surface area contributed by atoms with E-state index >= 15 is 0 Å². The minimum absolute atomic E-state index is 0.0962. The molecule has 0 spiro atoms. The molecule has 1 aromatic carbocycles. The van der Waals surface area contributed by atoms with E-state index in [1.54, 1.807) is 0 Å². The fourth-order valence-corrected chi connectivity index (χ4v) is 1.61. The van der Waals surface area contributed by atoms with Crippen molar-refractivity contribution in [2.75, 3.05) is 0 Å². The van der Waals surface area contributed by atoms with Gasteiger partial charge in [-0.3, -0.25) is 0 Å². The van der Waals surface area contributed by atoms with Gasteiger partial charge in [0, 0.05) is 12.5 Å². The summed E-state index contributed by atoms with van der Waals surface area (Å²) in [4.78, 5) is 0. The molecular formula is C12H13F6NO. The van der Waals surface area contributed by atoms with Crippen molar-refractivity contribution in [1.29, 1.82) is 0 Å². The number of hydrogen-bond acceptors (Lipinski definition) is 2. The average Bonchev–Trinajstić information content (AvgIpc) is 2.25. The summed E-state index contributed by atoms with van der Waals surface area (Å²) >= 11 is 0. The third-order valence-corrected chi connectivity index (χ3v) is 2.52. The van der Waals surface area contributed by atoms with Gasteiger partial charge in [-0.15, -0.1) is 13.2 Å². The molecule has 1 atom stereocenters. The van der Waals surface area contributed by atoms with Gasteiger partial charge < -0.3 is 10.5 Å². The van der Waals surface area contributed by atoms with Crippen LogP contribution < -0.4 is 10.5 Å². The first-order valence-corrected chi connectivity index (χ1v) is 5.75. The van der Waals surface area contributed by atoms with E-state index in [-0.39, 0.29) is 12.8 Å². The van der Waals surface area contributed by atoms with Crippen LogP contribution in [-0.2, 0) is 0 Å². The van der Waals surface area contributed by atoms with Gasteiger partial charge in [-0.05, 0) is 30.5 Å². The number of ether oxygens (including phenoxy) is 1. The van der Waals surface area contributed by atoms with Crippen molar-refractivity contribution in [2.24, 2.45) is 5.73 Å². The zero-order valence-electron chi connectivity index (χ0n) is 10.3. The molecule has 8 heteroatoms. The lowest BCUT2D eigenvalue weighted by atomic mass is 10.0. The molecule has 1 rings (SSSR count). The summed E-state index contributed by atoms with van der Waals surface area (Å²) in [5.74, 6) is -0.399. The second-order valence-corrected chi connectivity index (χ2v) is 4.23. The summed E-state index contributed by atoms with van der Waals surface area (Å²) in [6.45, 7) is 0. The van der Waals surface area contributed by atoms with Crippen LogP contribution in [0.4, 0.5) is 26.3 Å². The molecule has 0 aliphatic rings. The summed E-state index contributed by atoms with van der Waals surface area (Å²) in [5, 5.41) is 0. The first kappa shape index (κ1) is 16.6. The van der Waals surface area contributed by atoms with Crippen LogP contribution in [0.5, 0.6) is 5.75 Å². The predicted molar refractivity (Wildman–Crippen MR) is 60.0 cm³/mol. The van der Waals surface area contributed by atoms with E-state index < -0.39 is 30.8 Å². The van der Waals surface area contributed by atoms with Gasteiger partial charge in [0.05, 0.1) is 0 Å². The van der Waals surface area contributed by atoms with Gasteiger partial charge in [0.1, 0.15) is 5.75 Å². The van der Waals surface area contributed by atoms with Crippen molar-refractivity contribution in [2.45, 2.75) is 37.8 Å². The molecule has 0 amide bonds. The van der Waals surface area contributed by atoms with Crippen LogP contribution in [0.25, 0.3) is 0 Å². The third-order valence-electron chi connectivity index (χ3n) is 2.52. The molecule has 1 aromatic rings. The molecule has 2 N–H and O–H groups in total. The first-order valence-electron chi connectivity index (χ1n) is 5.75. The van der Waals surface area contributed by atoms with Crippen molar-refractivity contribution in [1.82, 2.24) is 0 Å². The Kier molecular flexibility index (Phi) is 5.27. The Morgan fingerprint density at radius 2 is 1.55 bits per heavy atom. The molecule has 0 fully saturated rings. The number of hydrogen-bond donors (Lipinski definition) is 1. The fraction of sp³-hybridized carbons (Fsp3) is 0.500. The second-order valence-electron chi connectivity index (χ2n) is 4.23. The van der Waals surface area contributed by atoms with E-state index in [0.717, 1.165) is 12.1 Å². The first-order chi connectivity index (χ1) is 9.07. The van der Waals surface area contributed by atoms with Crippen molar-refractivity contribution in [3.05, 3.63) is 29.8 Å². The van der Waals surface area contributed by atoms with Gasteiger partial charge in [0.25, 0.3) is 0 Å². The van der Waals surface area contributed by atoms with E-state index in [2.05, 4.69) is 4.74 Å². The monoisotopic (exact) mass is 301 g/mol. The largest absolute Gasteiger partial charge is 0.573 e. The lowest BCUT2D eigenvalue weighted by Crippen LogP contribution is -2.17. The van der Waals surface area contributed by atoms with Crippen LogP contribution in [0.15, 0.2) is 24.3 Å². The van der Waals surface area contributed by atoms with Gasteiger partial charge in [0.15, 0.2) is 0 Å². The van der Waals surface area contributed by atoms with Gasteiger partial charge in [-0.2, -0.15) is 13.2 Å². The number of halogens is 6. The van der Waals surface area contributed by atoms with E-state index in [4.69, 9.17) is 5.73 Å². The van der Waals surface area contributed by atoms with Crippen LogP contribution in [0, 0.1) is 0 Å². The highest BCUT2D eigenvalue weighted by molar-refractivity contribution is 5.29. The smallest absolute Gasteiger partial charge is 0.406 e. The second kappa shape index (κ2) is 6.34. The van der Waals surface area contributed by atoms with Gasteiger partial charge in [-0.25, -0.2) is 0 Å². The minimum Gasteiger partial charge on any atom is -0.406 e. The zero-order chi connectivity index (χ0) is 15.4. The Labute approximate surface area is 111 Å². The molecule has 2 nitrogen and oxygen atoms in total. The fourth-order valence-electron chi connectivity index (χ4n) is 1.61. The van der Waals surface area contributed by atoms with Crippen LogP contribution in [0.1, 0.15) is 30.9 Å². The Morgan fingerprint density at radius 1 is 1.00 bits per heavy atom. The standard InChI is InChI=1S/C12H13F6NO/c13-11(14,15)7-1-2-10(19)8-3-5-9(6-4-8)20-12(16,17)18/h3-6,10H,1-2,7,19H2. The molecule has 0 heterocycles. The molecule has 1 unspecified atom stereocenters. The normalized spacial score (nSPS) is 14.2. The number of rotatable bonds is 5. The van der Waals surface area contributed by atoms with E-state index in [1.807, 2.05) is 0 Å². The average molecular weight is 301 g/mol. The van der Waals surface area contributed by atoms with Crippen molar-refractivity contribution >= 4 is 0 Å². The third kappa shape index (κ3) is 6.65. The SMILES string of the molecule is NC(CCCC(F)(F)F)c1ccc(OC(F)(F)F)cc1. The molecule has 0 bridgehead atoms. The van der Waals surface area contributed by atoms with Crippen LogP contribution in [0.2, 0.25) is 0 Å². The summed E-state index contributed by atoms with van der Waals surface area (Å²) in [6, 6.07) is 4.11. The lowest BCUT2D eigenvalue weighted by molar-refractivity contribution is -0.274. The zero-order valence-corrected chi connectivity index (χ0v) is 10.3. The summed E-state index contributed by atoms with van der Waals surface area (Å²) in [5.41, 5.74) is 6.13. The molecule has 0 saturated heterocycles. The Balaban J connectivity index is 2.51. The molecule has 0 aliphatic carbocycles. The van der Waals surface area contributed by atoms with E-state index in [1.165, 1.54) is 12.1 Å². The molecule has 20 heavy (non-hydrogen) atoms. The summed E-state index contributed by atoms with van der Waals surface area (Å²) < 4.78 is 75.3. The van der Waals surface area contributed by atoms with E-state index in [9.17, 15) is 26.3 Å². The summed E-state index contributed by atoms with van der Waals surface area (Å²) in [7, 11) is 0. The highest BCUT2D eigenvalue weighted by atomic mass is 19.4. The number of benzene rings is 1. The minimum atomic E-state index is -4.78. The summed E-state index contributed by atoms with van der Waals surface area (Å²) in [6.07, 6.45) is -9.99. The highest BCUT2D eigenvalue weighted by Gasteiger charge is 2.31. The maximum atomic E-state index is 12.0. The maximum Gasteiger partial charge on any atom is 0.573 e. The molecule has 0 radical (unpaired) electrons. The van der Waals surface area contributed by atoms with Gasteiger partial charge >= 0.3 is 12.5 Å². The van der Waals surface area contributed by atoms with Crippen molar-refractivity contribution in [3.8, 4) is 5.75 Å².